The van der Waals surface area contributed by atoms with Crippen LogP contribution in [-0.2, 0) is 27.5 Å². The molecule has 0 bridgehead atoms. The van der Waals surface area contributed by atoms with Gasteiger partial charge in [-0.15, -0.1) is 11.8 Å². The standard InChI is InChI=1S/C13H13N3O4S/c17-5-8-3-14-10(13(18)19)7-21-12(8)9-4-16-1-2-20-6-11(16)15-9/h3-5,12H,1-2,6-7H2,(H,18,19). The molecule has 0 amide bonds. The van der Waals surface area contributed by atoms with Crippen molar-refractivity contribution in [3.05, 3.63) is 29.5 Å². The van der Waals surface area contributed by atoms with Crippen LogP contribution < -0.4 is 0 Å². The van der Waals surface area contributed by atoms with Crippen molar-refractivity contribution in [1.29, 1.82) is 0 Å². The van der Waals surface area contributed by atoms with Crippen LogP contribution >= 0.6 is 11.8 Å². The minimum absolute atomic E-state index is 0.0363. The highest BCUT2D eigenvalue weighted by molar-refractivity contribution is 8.00. The van der Waals surface area contributed by atoms with E-state index < -0.39 is 5.97 Å². The van der Waals surface area contributed by atoms with Gasteiger partial charge in [0.15, 0.2) is 0 Å². The second-order valence-corrected chi connectivity index (χ2v) is 5.74. The predicted octanol–water partition coefficient (Wildman–Crippen LogP) is 0.810. The number of ether oxygens (including phenoxy) is 1. The summed E-state index contributed by atoms with van der Waals surface area (Å²) in [5.41, 5.74) is 1.20. The molecule has 0 aliphatic carbocycles. The monoisotopic (exact) mass is 307 g/mol. The van der Waals surface area contributed by atoms with Gasteiger partial charge in [-0.05, 0) is 0 Å². The molecule has 3 heterocycles. The Bertz CT molecular complexity index is 626. The van der Waals surface area contributed by atoms with Crippen molar-refractivity contribution in [3.63, 3.8) is 0 Å². The number of carbonyl (C=O) groups excluding carboxylic acids is 1. The van der Waals surface area contributed by atoms with E-state index in [1.807, 2.05) is 10.8 Å². The SMILES string of the molecule is O=CC1=CN=C(C(=O)O)CSC1c1cn2c(n1)COCC2. The summed E-state index contributed by atoms with van der Waals surface area (Å²) in [6.45, 7) is 1.83. The van der Waals surface area contributed by atoms with E-state index >= 15 is 0 Å². The smallest absolute Gasteiger partial charge is 0.351 e. The Morgan fingerprint density at radius 1 is 1.57 bits per heavy atom. The van der Waals surface area contributed by atoms with Crippen molar-refractivity contribution < 1.29 is 19.4 Å². The van der Waals surface area contributed by atoms with E-state index in [9.17, 15) is 9.59 Å². The maximum Gasteiger partial charge on any atom is 0.351 e. The predicted molar refractivity (Wildman–Crippen MR) is 76.3 cm³/mol. The zero-order valence-electron chi connectivity index (χ0n) is 11.1. The second-order valence-electron chi connectivity index (χ2n) is 4.65. The maximum atomic E-state index is 11.3. The minimum atomic E-state index is -1.07. The Morgan fingerprint density at radius 3 is 3.14 bits per heavy atom. The topological polar surface area (TPSA) is 93.8 Å². The molecule has 0 spiro atoms. The second kappa shape index (κ2) is 5.82. The normalized spacial score (nSPS) is 21.8. The van der Waals surface area contributed by atoms with Gasteiger partial charge in [0, 0.05) is 30.3 Å². The van der Waals surface area contributed by atoms with E-state index in [0.29, 0.717) is 25.1 Å². The van der Waals surface area contributed by atoms with Crippen LogP contribution in [0.15, 0.2) is 23.0 Å². The van der Waals surface area contributed by atoms with Crippen LogP contribution in [0.4, 0.5) is 0 Å². The lowest BCUT2D eigenvalue weighted by molar-refractivity contribution is -0.129. The number of carbonyl (C=O) groups is 2. The number of aliphatic carboxylic acids is 1. The van der Waals surface area contributed by atoms with Gasteiger partial charge >= 0.3 is 5.97 Å². The molecule has 0 saturated heterocycles. The van der Waals surface area contributed by atoms with Crippen molar-refractivity contribution >= 4 is 29.7 Å². The number of aldehydes is 1. The Labute approximate surface area is 124 Å². The lowest BCUT2D eigenvalue weighted by atomic mass is 10.2. The fourth-order valence-corrected chi connectivity index (χ4v) is 3.33. The number of fused-ring (bicyclic) bond motifs is 1. The molecule has 1 N–H and O–H groups in total. The molecule has 0 aromatic carbocycles. The molecule has 7 nitrogen and oxygen atoms in total. The molecule has 0 radical (unpaired) electrons. The van der Waals surface area contributed by atoms with Crippen molar-refractivity contribution in [2.45, 2.75) is 18.4 Å². The maximum absolute atomic E-state index is 11.3. The summed E-state index contributed by atoms with van der Waals surface area (Å²) in [5.74, 6) is -0.0140. The molecule has 0 fully saturated rings. The molecular weight excluding hydrogens is 294 g/mol. The van der Waals surface area contributed by atoms with Crippen LogP contribution in [0.1, 0.15) is 16.8 Å². The van der Waals surface area contributed by atoms with Gasteiger partial charge in [0.05, 0.1) is 17.6 Å². The fraction of sp³-hybridized carbons (Fsp3) is 0.385. The quantitative estimate of drug-likeness (QED) is 0.831. The molecule has 8 heteroatoms. The average molecular weight is 307 g/mol. The molecule has 1 atom stereocenters. The molecule has 0 saturated carbocycles. The third-order valence-electron chi connectivity index (χ3n) is 3.30. The summed E-state index contributed by atoms with van der Waals surface area (Å²) < 4.78 is 7.35. The highest BCUT2D eigenvalue weighted by Crippen LogP contribution is 2.36. The van der Waals surface area contributed by atoms with Crippen LogP contribution in [0.2, 0.25) is 0 Å². The van der Waals surface area contributed by atoms with E-state index in [2.05, 4.69) is 9.98 Å². The number of aromatic nitrogens is 2. The van der Waals surface area contributed by atoms with Crippen LogP contribution in [0, 0.1) is 0 Å². The Kier molecular flexibility index (Phi) is 3.89. The number of hydrogen-bond donors (Lipinski definition) is 1. The molecule has 3 rings (SSSR count). The molecular formula is C13H13N3O4S. The molecule has 21 heavy (non-hydrogen) atoms. The number of aliphatic imine (C=N–C) groups is 1. The first-order valence-electron chi connectivity index (χ1n) is 6.39. The largest absolute Gasteiger partial charge is 0.477 e. The highest BCUT2D eigenvalue weighted by Gasteiger charge is 2.26. The van der Waals surface area contributed by atoms with E-state index in [1.54, 1.807) is 0 Å². The Hall–Kier alpha value is -1.93. The van der Waals surface area contributed by atoms with Gasteiger partial charge in [-0.2, -0.15) is 0 Å². The van der Waals surface area contributed by atoms with Gasteiger partial charge in [-0.25, -0.2) is 9.78 Å². The number of hydrogen-bond acceptors (Lipinski definition) is 6. The number of nitrogens with zero attached hydrogens (tertiary/aromatic N) is 3. The molecule has 1 aromatic heterocycles. The summed E-state index contributed by atoms with van der Waals surface area (Å²) >= 11 is 1.34. The van der Waals surface area contributed by atoms with Gasteiger partial charge in [0.25, 0.3) is 0 Å². The van der Waals surface area contributed by atoms with Crippen molar-refractivity contribution in [2.24, 2.45) is 4.99 Å². The van der Waals surface area contributed by atoms with Crippen molar-refractivity contribution in [3.8, 4) is 0 Å². The Morgan fingerprint density at radius 2 is 2.43 bits per heavy atom. The molecule has 1 aromatic rings. The first-order valence-corrected chi connectivity index (χ1v) is 7.44. The van der Waals surface area contributed by atoms with Gasteiger partial charge < -0.3 is 14.4 Å². The lowest BCUT2D eigenvalue weighted by Crippen LogP contribution is -2.15. The molecule has 2 aliphatic heterocycles. The average Bonchev–Trinajstić information content (AvgIpc) is 2.78. The van der Waals surface area contributed by atoms with Crippen LogP contribution in [0.3, 0.4) is 0 Å². The van der Waals surface area contributed by atoms with Gasteiger partial charge in [0.1, 0.15) is 24.4 Å². The molecule has 1 unspecified atom stereocenters. The van der Waals surface area contributed by atoms with E-state index in [-0.39, 0.29) is 16.7 Å². The third kappa shape index (κ3) is 2.77. The number of carboxylic acid groups (broad SMARTS) is 1. The van der Waals surface area contributed by atoms with Crippen molar-refractivity contribution in [1.82, 2.24) is 9.55 Å². The number of carboxylic acids is 1. The zero-order valence-corrected chi connectivity index (χ0v) is 11.9. The highest BCUT2D eigenvalue weighted by atomic mass is 32.2. The summed E-state index contributed by atoms with van der Waals surface area (Å²) in [7, 11) is 0. The van der Waals surface area contributed by atoms with Gasteiger partial charge in [0.2, 0.25) is 0 Å². The summed E-state index contributed by atoms with van der Waals surface area (Å²) in [6.07, 6.45) is 3.94. The van der Waals surface area contributed by atoms with Gasteiger partial charge in [-0.3, -0.25) is 9.79 Å². The summed E-state index contributed by atoms with van der Waals surface area (Å²) in [5, 5.41) is 8.71. The van der Waals surface area contributed by atoms with E-state index in [4.69, 9.17) is 9.84 Å². The number of imidazole rings is 1. The number of thioether (sulfide) groups is 1. The van der Waals surface area contributed by atoms with Crippen LogP contribution in [0.5, 0.6) is 0 Å². The lowest BCUT2D eigenvalue weighted by Gasteiger charge is -2.13. The third-order valence-corrected chi connectivity index (χ3v) is 4.58. The Balaban J connectivity index is 1.90. The first-order chi connectivity index (χ1) is 10.2. The minimum Gasteiger partial charge on any atom is -0.477 e. The molecule has 110 valence electrons. The fourth-order valence-electron chi connectivity index (χ4n) is 2.22. The summed E-state index contributed by atoms with van der Waals surface area (Å²) in [6, 6.07) is 0. The number of rotatable bonds is 3. The van der Waals surface area contributed by atoms with Crippen molar-refractivity contribution in [2.75, 3.05) is 12.4 Å². The first kappa shape index (κ1) is 14.0. The van der Waals surface area contributed by atoms with E-state index in [1.165, 1.54) is 18.0 Å². The summed E-state index contributed by atoms with van der Waals surface area (Å²) in [4.78, 5) is 30.6. The van der Waals surface area contributed by atoms with Gasteiger partial charge in [-0.1, -0.05) is 0 Å². The zero-order chi connectivity index (χ0) is 14.8. The van der Waals surface area contributed by atoms with E-state index in [0.717, 1.165) is 18.1 Å². The van der Waals surface area contributed by atoms with Crippen LogP contribution in [-0.4, -0.2) is 45.0 Å². The molecule has 2 aliphatic rings. The van der Waals surface area contributed by atoms with Crippen LogP contribution in [0.25, 0.3) is 0 Å².